The highest BCUT2D eigenvalue weighted by atomic mass is 19.1. The number of nitrogens with zero attached hydrogens (tertiary/aromatic N) is 3. The van der Waals surface area contributed by atoms with Crippen LogP contribution in [0.25, 0.3) is 0 Å². The van der Waals surface area contributed by atoms with E-state index in [1.165, 1.54) is 24.3 Å². The van der Waals surface area contributed by atoms with Crippen molar-refractivity contribution in [3.05, 3.63) is 41.9 Å². The summed E-state index contributed by atoms with van der Waals surface area (Å²) in [4.78, 5) is 28.4. The molecule has 1 aromatic carbocycles. The molecule has 1 unspecified atom stereocenters. The van der Waals surface area contributed by atoms with Crippen LogP contribution in [0.1, 0.15) is 12.7 Å². The van der Waals surface area contributed by atoms with Gasteiger partial charge >= 0.3 is 0 Å². The molecule has 2 amide bonds. The minimum absolute atomic E-state index is 0.104. The predicted molar refractivity (Wildman–Crippen MR) is 99.4 cm³/mol. The molecule has 1 atom stereocenters. The van der Waals surface area contributed by atoms with E-state index < -0.39 is 0 Å². The highest BCUT2D eigenvalue weighted by Crippen LogP contribution is 2.13. The molecule has 0 bridgehead atoms. The number of nitrogens with one attached hydrogen (secondary N) is 1. The zero-order chi connectivity index (χ0) is 20.1. The topological polar surface area (TPSA) is 87.9 Å². The molecule has 1 fully saturated rings. The molecule has 0 aliphatic carbocycles. The van der Waals surface area contributed by atoms with E-state index in [2.05, 4.69) is 10.5 Å². The minimum atomic E-state index is -0.357. The quantitative estimate of drug-likeness (QED) is 0.807. The number of aromatic nitrogens is 1. The Bertz CT molecular complexity index is 816. The Morgan fingerprint density at radius 1 is 1.25 bits per heavy atom. The van der Waals surface area contributed by atoms with Crippen molar-refractivity contribution in [3.8, 4) is 5.75 Å². The molecule has 1 N–H and O–H groups in total. The molecule has 1 aliphatic heterocycles. The first-order chi connectivity index (χ1) is 13.4. The third kappa shape index (κ3) is 5.07. The molecule has 8 nitrogen and oxygen atoms in total. The zero-order valence-corrected chi connectivity index (χ0v) is 15.9. The second kappa shape index (κ2) is 8.83. The van der Waals surface area contributed by atoms with Crippen molar-refractivity contribution in [2.45, 2.75) is 19.9 Å². The number of anilines is 1. The number of halogens is 1. The van der Waals surface area contributed by atoms with Crippen LogP contribution in [0, 0.1) is 12.7 Å². The van der Waals surface area contributed by atoms with Crippen molar-refractivity contribution < 1.29 is 23.2 Å². The van der Waals surface area contributed by atoms with Crippen molar-refractivity contribution in [2.24, 2.45) is 0 Å². The van der Waals surface area contributed by atoms with Crippen LogP contribution in [0.2, 0.25) is 0 Å². The van der Waals surface area contributed by atoms with Crippen molar-refractivity contribution >= 4 is 17.6 Å². The summed E-state index contributed by atoms with van der Waals surface area (Å²) in [7, 11) is 0. The Morgan fingerprint density at radius 3 is 2.54 bits per heavy atom. The summed E-state index contributed by atoms with van der Waals surface area (Å²) < 4.78 is 23.2. The Hall–Kier alpha value is -2.94. The number of ether oxygens (including phenoxy) is 1. The van der Waals surface area contributed by atoms with E-state index in [1.807, 2.05) is 11.8 Å². The molecule has 1 saturated heterocycles. The lowest BCUT2D eigenvalue weighted by Crippen LogP contribution is -2.54. The predicted octanol–water partition coefficient (Wildman–Crippen LogP) is 1.67. The third-order valence-corrected chi connectivity index (χ3v) is 4.65. The molecule has 1 aromatic heterocycles. The van der Waals surface area contributed by atoms with Gasteiger partial charge in [0.2, 0.25) is 5.91 Å². The smallest absolute Gasteiger partial charge is 0.260 e. The van der Waals surface area contributed by atoms with Crippen LogP contribution in [-0.2, 0) is 9.59 Å². The molecular weight excluding hydrogens is 367 g/mol. The summed E-state index contributed by atoms with van der Waals surface area (Å²) >= 11 is 0. The molecule has 9 heteroatoms. The summed E-state index contributed by atoms with van der Waals surface area (Å²) in [6.45, 7) is 5.63. The van der Waals surface area contributed by atoms with Gasteiger partial charge in [0.05, 0.1) is 6.04 Å². The van der Waals surface area contributed by atoms with Gasteiger partial charge in [-0.3, -0.25) is 14.5 Å². The molecule has 1 aliphatic rings. The molecule has 0 spiro atoms. The van der Waals surface area contributed by atoms with Gasteiger partial charge in [-0.05, 0) is 38.1 Å². The minimum Gasteiger partial charge on any atom is -0.484 e. The number of piperazine rings is 1. The first kappa shape index (κ1) is 19.8. The molecule has 28 heavy (non-hydrogen) atoms. The van der Waals surface area contributed by atoms with Gasteiger partial charge in [-0.15, -0.1) is 0 Å². The van der Waals surface area contributed by atoms with Crippen LogP contribution in [0.4, 0.5) is 10.2 Å². The second-order valence-electron chi connectivity index (χ2n) is 6.65. The SMILES string of the molecule is Cc1cc(NC(=O)C(C)N2CCN(C(=O)COc3ccc(F)cc3)CC2)no1. The normalized spacial score (nSPS) is 15.9. The Labute approximate surface area is 162 Å². The molecule has 2 heterocycles. The van der Waals surface area contributed by atoms with E-state index in [9.17, 15) is 14.0 Å². The highest BCUT2D eigenvalue weighted by Gasteiger charge is 2.28. The van der Waals surface area contributed by atoms with Crippen molar-refractivity contribution in [1.82, 2.24) is 15.0 Å². The third-order valence-electron chi connectivity index (χ3n) is 4.65. The van der Waals surface area contributed by atoms with E-state index in [-0.39, 0.29) is 30.3 Å². The number of aryl methyl sites for hydroxylation is 1. The van der Waals surface area contributed by atoms with Gasteiger partial charge in [-0.25, -0.2) is 4.39 Å². The van der Waals surface area contributed by atoms with E-state index in [1.54, 1.807) is 17.9 Å². The van der Waals surface area contributed by atoms with Gasteiger partial charge in [-0.2, -0.15) is 0 Å². The number of carbonyl (C=O) groups excluding carboxylic acids is 2. The Balaban J connectivity index is 1.43. The number of hydrogen-bond donors (Lipinski definition) is 1. The first-order valence-electron chi connectivity index (χ1n) is 9.07. The van der Waals surface area contributed by atoms with Crippen molar-refractivity contribution in [1.29, 1.82) is 0 Å². The van der Waals surface area contributed by atoms with E-state index in [4.69, 9.17) is 9.26 Å². The average molecular weight is 390 g/mol. The standard InChI is InChI=1S/C19H23FN4O4/c1-13-11-17(22-28-13)21-19(26)14(2)23-7-9-24(10-8-23)18(25)12-27-16-5-3-15(20)4-6-16/h3-6,11,14H,7-10,12H2,1-2H3,(H,21,22,26). The van der Waals surface area contributed by atoms with E-state index in [0.717, 1.165) is 0 Å². The van der Waals surface area contributed by atoms with Crippen LogP contribution in [0.15, 0.2) is 34.9 Å². The fraction of sp³-hybridized carbons (Fsp3) is 0.421. The number of rotatable bonds is 6. The lowest BCUT2D eigenvalue weighted by atomic mass is 10.2. The monoisotopic (exact) mass is 390 g/mol. The van der Waals surface area contributed by atoms with Gasteiger partial charge < -0.3 is 19.5 Å². The lowest BCUT2D eigenvalue weighted by molar-refractivity contribution is -0.135. The second-order valence-corrected chi connectivity index (χ2v) is 6.65. The van der Waals surface area contributed by atoms with Crippen LogP contribution >= 0.6 is 0 Å². The van der Waals surface area contributed by atoms with Gasteiger partial charge in [0, 0.05) is 32.2 Å². The maximum atomic E-state index is 12.9. The molecule has 3 rings (SSSR count). The molecule has 150 valence electrons. The van der Waals surface area contributed by atoms with Crippen molar-refractivity contribution in [3.63, 3.8) is 0 Å². The van der Waals surface area contributed by atoms with Gasteiger partial charge in [0.15, 0.2) is 12.4 Å². The van der Waals surface area contributed by atoms with Crippen molar-refractivity contribution in [2.75, 3.05) is 38.1 Å². The summed E-state index contributed by atoms with van der Waals surface area (Å²) in [5.74, 6) is 0.791. The molecule has 2 aromatic rings. The lowest BCUT2D eigenvalue weighted by Gasteiger charge is -2.37. The first-order valence-corrected chi connectivity index (χ1v) is 9.07. The summed E-state index contributed by atoms with van der Waals surface area (Å²) in [5.41, 5.74) is 0. The van der Waals surface area contributed by atoms with E-state index in [0.29, 0.717) is 43.5 Å². The Morgan fingerprint density at radius 2 is 1.93 bits per heavy atom. The summed E-state index contributed by atoms with van der Waals surface area (Å²) in [5, 5.41) is 6.48. The maximum Gasteiger partial charge on any atom is 0.260 e. The molecule has 0 saturated carbocycles. The fourth-order valence-corrected chi connectivity index (χ4v) is 2.95. The number of carbonyl (C=O) groups is 2. The van der Waals surface area contributed by atoms with Gasteiger partial charge in [-0.1, -0.05) is 5.16 Å². The maximum absolute atomic E-state index is 12.9. The zero-order valence-electron chi connectivity index (χ0n) is 15.9. The van der Waals surface area contributed by atoms with Crippen LogP contribution in [0.3, 0.4) is 0 Å². The molecule has 0 radical (unpaired) electrons. The number of benzene rings is 1. The fourth-order valence-electron chi connectivity index (χ4n) is 2.95. The summed E-state index contributed by atoms with van der Waals surface area (Å²) in [6, 6.07) is 6.83. The largest absolute Gasteiger partial charge is 0.484 e. The number of hydrogen-bond acceptors (Lipinski definition) is 6. The summed E-state index contributed by atoms with van der Waals surface area (Å²) in [6.07, 6.45) is 0. The Kier molecular flexibility index (Phi) is 6.25. The van der Waals surface area contributed by atoms with Crippen LogP contribution in [0.5, 0.6) is 5.75 Å². The van der Waals surface area contributed by atoms with Crippen LogP contribution < -0.4 is 10.1 Å². The van der Waals surface area contributed by atoms with E-state index >= 15 is 0 Å². The highest BCUT2D eigenvalue weighted by molar-refractivity contribution is 5.93. The number of amides is 2. The van der Waals surface area contributed by atoms with Gasteiger partial charge in [0.25, 0.3) is 5.91 Å². The van der Waals surface area contributed by atoms with Gasteiger partial charge in [0.1, 0.15) is 17.3 Å². The average Bonchev–Trinajstić information content (AvgIpc) is 3.11. The van der Waals surface area contributed by atoms with Crippen LogP contribution in [-0.4, -0.2) is 65.6 Å². The molecular formula is C19H23FN4O4.